The number of nitrogens with one attached hydrogen (secondary N) is 1. The molecule has 4 heteroatoms. The van der Waals surface area contributed by atoms with Gasteiger partial charge in [-0.3, -0.25) is 0 Å². The van der Waals surface area contributed by atoms with Crippen molar-refractivity contribution in [3.8, 4) is 0 Å². The van der Waals surface area contributed by atoms with Crippen LogP contribution in [0.5, 0.6) is 0 Å². The van der Waals surface area contributed by atoms with Crippen molar-refractivity contribution in [3.63, 3.8) is 0 Å². The number of urea groups is 1. The highest BCUT2D eigenvalue weighted by Crippen LogP contribution is 2.27. The third-order valence-corrected chi connectivity index (χ3v) is 5.17. The summed E-state index contributed by atoms with van der Waals surface area (Å²) >= 11 is 0. The van der Waals surface area contributed by atoms with Gasteiger partial charge < -0.3 is 15.3 Å². The Kier molecular flexibility index (Phi) is 6.81. The average molecular weight is 296 g/mol. The largest absolute Gasteiger partial charge is 0.396 e. The van der Waals surface area contributed by atoms with Crippen LogP contribution in [-0.2, 0) is 0 Å². The molecule has 2 unspecified atom stereocenters. The van der Waals surface area contributed by atoms with Crippen molar-refractivity contribution in [3.05, 3.63) is 0 Å². The van der Waals surface area contributed by atoms with Crippen molar-refractivity contribution in [2.75, 3.05) is 19.7 Å². The van der Waals surface area contributed by atoms with Crippen LogP contribution in [0.25, 0.3) is 0 Å². The number of carbonyl (C=O) groups is 1. The lowest BCUT2D eigenvalue weighted by Crippen LogP contribution is -2.48. The smallest absolute Gasteiger partial charge is 0.317 e. The monoisotopic (exact) mass is 296 g/mol. The Labute approximate surface area is 129 Å². The minimum atomic E-state index is 0.0595. The second-order valence-corrected chi connectivity index (χ2v) is 7.07. The maximum Gasteiger partial charge on any atom is 0.317 e. The number of nitrogens with zero attached hydrogens (tertiary/aromatic N) is 1. The standard InChI is InChI=1S/C17H32N2O2/c1-14(9-10-15-6-3-2-4-7-15)18-17(21)19-11-5-8-16(12-19)13-20/h14-16,20H,2-13H2,1H3,(H,18,21). The van der Waals surface area contributed by atoms with E-state index < -0.39 is 0 Å². The second-order valence-electron chi connectivity index (χ2n) is 7.07. The fourth-order valence-electron chi connectivity index (χ4n) is 3.73. The fraction of sp³-hybridized carbons (Fsp3) is 0.941. The summed E-state index contributed by atoms with van der Waals surface area (Å²) in [5.41, 5.74) is 0. The maximum absolute atomic E-state index is 12.3. The van der Waals surface area contributed by atoms with E-state index in [0.717, 1.165) is 31.7 Å². The maximum atomic E-state index is 12.3. The van der Waals surface area contributed by atoms with Crippen LogP contribution >= 0.6 is 0 Å². The normalized spacial score (nSPS) is 25.6. The average Bonchev–Trinajstić information content (AvgIpc) is 2.54. The molecule has 4 nitrogen and oxygen atoms in total. The zero-order valence-corrected chi connectivity index (χ0v) is 13.5. The van der Waals surface area contributed by atoms with E-state index in [1.807, 2.05) is 4.90 Å². The predicted molar refractivity (Wildman–Crippen MR) is 85.2 cm³/mol. The van der Waals surface area contributed by atoms with Gasteiger partial charge in [0.05, 0.1) is 0 Å². The van der Waals surface area contributed by atoms with Crippen LogP contribution in [0.1, 0.15) is 64.7 Å². The van der Waals surface area contributed by atoms with Gasteiger partial charge in [-0.25, -0.2) is 4.79 Å². The molecule has 1 saturated carbocycles. The Hall–Kier alpha value is -0.770. The Morgan fingerprint density at radius 1 is 1.19 bits per heavy atom. The molecule has 21 heavy (non-hydrogen) atoms. The molecule has 2 fully saturated rings. The Morgan fingerprint density at radius 3 is 2.62 bits per heavy atom. The molecular formula is C17H32N2O2. The number of hydrogen-bond donors (Lipinski definition) is 2. The number of hydrogen-bond acceptors (Lipinski definition) is 2. The van der Waals surface area contributed by atoms with E-state index in [9.17, 15) is 9.90 Å². The van der Waals surface area contributed by atoms with Gasteiger partial charge in [0.2, 0.25) is 0 Å². The molecule has 0 radical (unpaired) electrons. The summed E-state index contributed by atoms with van der Waals surface area (Å²) in [5, 5.41) is 12.4. The van der Waals surface area contributed by atoms with E-state index >= 15 is 0 Å². The van der Waals surface area contributed by atoms with Crippen LogP contribution in [0.2, 0.25) is 0 Å². The lowest BCUT2D eigenvalue weighted by Gasteiger charge is -2.33. The van der Waals surface area contributed by atoms with Gasteiger partial charge in [-0.15, -0.1) is 0 Å². The van der Waals surface area contributed by atoms with Crippen LogP contribution in [0.3, 0.4) is 0 Å². The number of likely N-dealkylation sites (tertiary alicyclic amines) is 1. The summed E-state index contributed by atoms with van der Waals surface area (Å²) < 4.78 is 0. The van der Waals surface area contributed by atoms with Crippen LogP contribution in [0.15, 0.2) is 0 Å². The molecule has 1 saturated heterocycles. The van der Waals surface area contributed by atoms with Gasteiger partial charge >= 0.3 is 6.03 Å². The first-order chi connectivity index (χ1) is 10.2. The molecule has 2 rings (SSSR count). The molecule has 2 aliphatic rings. The van der Waals surface area contributed by atoms with E-state index in [-0.39, 0.29) is 24.6 Å². The molecule has 1 aliphatic heterocycles. The molecule has 2 atom stereocenters. The van der Waals surface area contributed by atoms with E-state index in [4.69, 9.17) is 0 Å². The quantitative estimate of drug-likeness (QED) is 0.819. The molecule has 2 N–H and O–H groups in total. The molecule has 122 valence electrons. The van der Waals surface area contributed by atoms with Gasteiger partial charge in [0, 0.05) is 25.7 Å². The molecular weight excluding hydrogens is 264 g/mol. The van der Waals surface area contributed by atoms with Gasteiger partial charge in [0.15, 0.2) is 0 Å². The van der Waals surface area contributed by atoms with Crippen molar-refractivity contribution < 1.29 is 9.90 Å². The first kappa shape index (κ1) is 16.6. The summed E-state index contributed by atoms with van der Waals surface area (Å²) in [5.74, 6) is 1.15. The first-order valence-corrected chi connectivity index (χ1v) is 8.85. The number of piperidine rings is 1. The van der Waals surface area contributed by atoms with Crippen molar-refractivity contribution in [2.45, 2.75) is 70.8 Å². The highest BCUT2D eigenvalue weighted by atomic mass is 16.3. The Balaban J connectivity index is 1.66. The summed E-state index contributed by atoms with van der Waals surface area (Å²) in [6.07, 6.45) is 11.3. The third-order valence-electron chi connectivity index (χ3n) is 5.17. The summed E-state index contributed by atoms with van der Waals surface area (Å²) in [6, 6.07) is 0.318. The molecule has 0 spiro atoms. The van der Waals surface area contributed by atoms with E-state index in [1.165, 1.54) is 38.5 Å². The van der Waals surface area contributed by atoms with Crippen LogP contribution in [-0.4, -0.2) is 41.8 Å². The van der Waals surface area contributed by atoms with E-state index in [0.29, 0.717) is 6.54 Å². The van der Waals surface area contributed by atoms with Gasteiger partial charge in [-0.05, 0) is 44.4 Å². The van der Waals surface area contributed by atoms with Gasteiger partial charge in [-0.1, -0.05) is 32.1 Å². The van der Waals surface area contributed by atoms with Crippen LogP contribution < -0.4 is 5.32 Å². The third kappa shape index (κ3) is 5.50. The van der Waals surface area contributed by atoms with Crippen LogP contribution in [0.4, 0.5) is 4.79 Å². The molecule has 0 aromatic heterocycles. The minimum Gasteiger partial charge on any atom is -0.396 e. The van der Waals surface area contributed by atoms with Gasteiger partial charge in [0.1, 0.15) is 0 Å². The topological polar surface area (TPSA) is 52.6 Å². The number of aliphatic hydroxyl groups excluding tert-OH is 1. The molecule has 0 aromatic carbocycles. The minimum absolute atomic E-state index is 0.0595. The van der Waals surface area contributed by atoms with Gasteiger partial charge in [-0.2, -0.15) is 0 Å². The van der Waals surface area contributed by atoms with Crippen molar-refractivity contribution in [1.82, 2.24) is 10.2 Å². The van der Waals surface area contributed by atoms with Crippen LogP contribution in [0, 0.1) is 11.8 Å². The zero-order valence-electron chi connectivity index (χ0n) is 13.5. The number of aliphatic hydroxyl groups is 1. The zero-order chi connectivity index (χ0) is 15.1. The SMILES string of the molecule is CC(CCC1CCCCC1)NC(=O)N1CCCC(CO)C1. The number of carbonyl (C=O) groups excluding carboxylic acids is 1. The molecule has 0 bridgehead atoms. The Bertz CT molecular complexity index is 316. The van der Waals surface area contributed by atoms with Gasteiger partial charge in [0.25, 0.3) is 0 Å². The predicted octanol–water partition coefficient (Wildman–Crippen LogP) is 3.15. The highest BCUT2D eigenvalue weighted by Gasteiger charge is 2.24. The van der Waals surface area contributed by atoms with E-state index in [2.05, 4.69) is 12.2 Å². The lowest BCUT2D eigenvalue weighted by atomic mass is 9.85. The summed E-state index contributed by atoms with van der Waals surface area (Å²) in [4.78, 5) is 14.1. The number of amides is 2. The molecule has 1 aliphatic carbocycles. The van der Waals surface area contributed by atoms with Crippen molar-refractivity contribution in [1.29, 1.82) is 0 Å². The molecule has 1 heterocycles. The Morgan fingerprint density at radius 2 is 1.90 bits per heavy atom. The second kappa shape index (κ2) is 8.62. The first-order valence-electron chi connectivity index (χ1n) is 8.85. The number of rotatable bonds is 5. The van der Waals surface area contributed by atoms with Crippen molar-refractivity contribution in [2.24, 2.45) is 11.8 Å². The summed E-state index contributed by atoms with van der Waals surface area (Å²) in [6.45, 7) is 3.85. The van der Waals surface area contributed by atoms with E-state index in [1.54, 1.807) is 0 Å². The molecule has 0 aromatic rings. The fourth-order valence-corrected chi connectivity index (χ4v) is 3.73. The lowest BCUT2D eigenvalue weighted by molar-refractivity contribution is 0.128. The summed E-state index contributed by atoms with van der Waals surface area (Å²) in [7, 11) is 0. The molecule has 2 amide bonds. The highest BCUT2D eigenvalue weighted by molar-refractivity contribution is 5.74. The van der Waals surface area contributed by atoms with Crippen molar-refractivity contribution >= 4 is 6.03 Å².